The molecule has 2 aliphatic carbocycles. The number of hydrogen-bond donors (Lipinski definition) is 0. The van der Waals surface area contributed by atoms with Crippen molar-refractivity contribution in [2.24, 2.45) is 5.92 Å². The third-order valence-corrected chi connectivity index (χ3v) is 7.83. The molecule has 36 heavy (non-hydrogen) atoms. The number of amides is 1. The van der Waals surface area contributed by atoms with E-state index < -0.39 is 0 Å². The van der Waals surface area contributed by atoms with Crippen LogP contribution in [0.25, 0.3) is 17.3 Å². The van der Waals surface area contributed by atoms with Crippen LogP contribution in [-0.2, 0) is 9.53 Å². The summed E-state index contributed by atoms with van der Waals surface area (Å²) in [7, 11) is 0. The summed E-state index contributed by atoms with van der Waals surface area (Å²) in [5.41, 5.74) is 4.22. The first-order valence-electron chi connectivity index (χ1n) is 13.2. The highest BCUT2D eigenvalue weighted by atomic mass is 16.5. The number of piperazine rings is 1. The molecule has 186 valence electrons. The smallest absolute Gasteiger partial charge is 0.225 e. The Morgan fingerprint density at radius 3 is 2.72 bits per heavy atom. The molecule has 8 nitrogen and oxygen atoms in total. The van der Waals surface area contributed by atoms with E-state index in [9.17, 15) is 10.1 Å². The standard InChI is InChI=1S/C28H32N6O2/c1-2-3-18-12-24(32-30-16-18)23-13-21(15-29)28(31-27(23)20-6-7-20)33-9-10-34(25(17-33)19-4-5-19)26(35)14-22-8-11-36-22/h2-3,12-13,16,19-20,22,25H,4-11,14,17H2,1H3/b3-2+/t22-,25+/m1/s1. The molecule has 0 spiro atoms. The number of nitriles is 1. The molecular weight excluding hydrogens is 452 g/mol. The second-order valence-corrected chi connectivity index (χ2v) is 10.5. The molecule has 4 fully saturated rings. The number of pyridine rings is 1. The Balaban J connectivity index is 1.30. The minimum absolute atomic E-state index is 0.0882. The molecule has 0 bridgehead atoms. The normalized spacial score (nSPS) is 24.0. The molecular formula is C28H32N6O2. The van der Waals surface area contributed by atoms with Crippen LogP contribution in [-0.4, -0.2) is 64.4 Å². The summed E-state index contributed by atoms with van der Waals surface area (Å²) in [4.78, 5) is 22.5. The van der Waals surface area contributed by atoms with Crippen LogP contribution >= 0.6 is 0 Å². The molecule has 2 saturated heterocycles. The highest BCUT2D eigenvalue weighted by Crippen LogP contribution is 2.45. The van der Waals surface area contributed by atoms with Gasteiger partial charge in [-0.25, -0.2) is 4.98 Å². The number of anilines is 1. The van der Waals surface area contributed by atoms with Crippen LogP contribution in [0.5, 0.6) is 0 Å². The van der Waals surface area contributed by atoms with E-state index in [1.165, 1.54) is 0 Å². The minimum Gasteiger partial charge on any atom is -0.377 e. The average Bonchev–Trinajstić information content (AvgIpc) is 3.79. The van der Waals surface area contributed by atoms with E-state index in [4.69, 9.17) is 9.72 Å². The maximum absolute atomic E-state index is 13.1. The summed E-state index contributed by atoms with van der Waals surface area (Å²) in [6.07, 6.45) is 11.8. The van der Waals surface area contributed by atoms with Gasteiger partial charge in [0, 0.05) is 37.7 Å². The number of rotatable bonds is 7. The van der Waals surface area contributed by atoms with Crippen molar-refractivity contribution in [3.05, 3.63) is 41.2 Å². The van der Waals surface area contributed by atoms with Crippen molar-refractivity contribution in [2.45, 2.75) is 63.5 Å². The second-order valence-electron chi connectivity index (χ2n) is 10.5. The second kappa shape index (κ2) is 9.62. The van der Waals surface area contributed by atoms with Gasteiger partial charge in [-0.1, -0.05) is 12.2 Å². The Morgan fingerprint density at radius 2 is 2.06 bits per heavy atom. The van der Waals surface area contributed by atoms with E-state index in [2.05, 4.69) is 26.1 Å². The van der Waals surface area contributed by atoms with Gasteiger partial charge in [-0.2, -0.15) is 15.5 Å². The van der Waals surface area contributed by atoms with Gasteiger partial charge in [0.15, 0.2) is 0 Å². The van der Waals surface area contributed by atoms with Gasteiger partial charge in [0.25, 0.3) is 0 Å². The fourth-order valence-corrected chi connectivity index (χ4v) is 5.46. The molecule has 2 aromatic heterocycles. The van der Waals surface area contributed by atoms with Crippen molar-refractivity contribution in [3.8, 4) is 17.3 Å². The van der Waals surface area contributed by atoms with E-state index in [1.54, 1.807) is 6.20 Å². The Bertz CT molecular complexity index is 1230. The van der Waals surface area contributed by atoms with Crippen LogP contribution < -0.4 is 4.90 Å². The monoisotopic (exact) mass is 484 g/mol. The number of carbonyl (C=O) groups is 1. The van der Waals surface area contributed by atoms with Crippen LogP contribution in [0.1, 0.15) is 68.2 Å². The zero-order valence-corrected chi connectivity index (χ0v) is 20.8. The first-order valence-corrected chi connectivity index (χ1v) is 13.2. The van der Waals surface area contributed by atoms with E-state index in [1.807, 2.05) is 31.2 Å². The summed E-state index contributed by atoms with van der Waals surface area (Å²) in [5, 5.41) is 18.7. The summed E-state index contributed by atoms with van der Waals surface area (Å²) in [6.45, 7) is 4.82. The molecule has 0 N–H and O–H groups in total. The molecule has 2 aliphatic heterocycles. The van der Waals surface area contributed by atoms with Gasteiger partial charge in [-0.15, -0.1) is 0 Å². The maximum Gasteiger partial charge on any atom is 0.225 e. The first kappa shape index (κ1) is 23.1. The topological polar surface area (TPSA) is 95.2 Å². The predicted molar refractivity (Wildman–Crippen MR) is 136 cm³/mol. The van der Waals surface area contributed by atoms with Gasteiger partial charge >= 0.3 is 0 Å². The van der Waals surface area contributed by atoms with Gasteiger partial charge < -0.3 is 14.5 Å². The number of nitrogens with zero attached hydrogens (tertiary/aromatic N) is 6. The van der Waals surface area contributed by atoms with Gasteiger partial charge in [0.2, 0.25) is 5.91 Å². The van der Waals surface area contributed by atoms with Gasteiger partial charge in [-0.05, 0) is 62.6 Å². The minimum atomic E-state index is 0.0882. The number of carbonyl (C=O) groups excluding carboxylic acids is 1. The van der Waals surface area contributed by atoms with Crippen LogP contribution in [0.3, 0.4) is 0 Å². The van der Waals surface area contributed by atoms with E-state index in [0.717, 1.165) is 73.6 Å². The van der Waals surface area contributed by atoms with Crippen molar-refractivity contribution < 1.29 is 9.53 Å². The molecule has 0 radical (unpaired) electrons. The number of allylic oxidation sites excluding steroid dienone is 1. The molecule has 2 aromatic rings. The third kappa shape index (κ3) is 4.60. The molecule has 6 rings (SSSR count). The average molecular weight is 485 g/mol. The predicted octanol–water partition coefficient (Wildman–Crippen LogP) is 3.93. The van der Waals surface area contributed by atoms with Crippen molar-refractivity contribution >= 4 is 17.8 Å². The van der Waals surface area contributed by atoms with Gasteiger partial charge in [0.1, 0.15) is 11.9 Å². The Hall–Kier alpha value is -3.31. The Morgan fingerprint density at radius 1 is 1.22 bits per heavy atom. The lowest BCUT2D eigenvalue weighted by atomic mass is 10.0. The quantitative estimate of drug-likeness (QED) is 0.588. The van der Waals surface area contributed by atoms with Crippen molar-refractivity contribution in [1.29, 1.82) is 5.26 Å². The van der Waals surface area contributed by atoms with Crippen molar-refractivity contribution in [2.75, 3.05) is 31.1 Å². The lowest BCUT2D eigenvalue weighted by Crippen LogP contribution is -2.57. The third-order valence-electron chi connectivity index (χ3n) is 7.83. The molecule has 4 aliphatic rings. The lowest BCUT2D eigenvalue weighted by Gasteiger charge is -2.43. The zero-order chi connectivity index (χ0) is 24.6. The number of ether oxygens (including phenoxy) is 1. The lowest BCUT2D eigenvalue weighted by molar-refractivity contribution is -0.142. The fourth-order valence-electron chi connectivity index (χ4n) is 5.46. The molecule has 0 unspecified atom stereocenters. The largest absolute Gasteiger partial charge is 0.377 e. The van der Waals surface area contributed by atoms with Gasteiger partial charge in [-0.3, -0.25) is 4.79 Å². The first-order chi connectivity index (χ1) is 17.6. The molecule has 2 atom stereocenters. The van der Waals surface area contributed by atoms with Crippen LogP contribution in [0.2, 0.25) is 0 Å². The summed E-state index contributed by atoms with van der Waals surface area (Å²) in [5.74, 6) is 1.89. The highest BCUT2D eigenvalue weighted by Gasteiger charge is 2.42. The summed E-state index contributed by atoms with van der Waals surface area (Å²) in [6, 6.07) is 6.54. The maximum atomic E-state index is 13.1. The number of hydrogen-bond acceptors (Lipinski definition) is 7. The van der Waals surface area contributed by atoms with Gasteiger partial charge in [0.05, 0.1) is 41.7 Å². The molecule has 0 aromatic carbocycles. The fraction of sp³-hybridized carbons (Fsp3) is 0.536. The van der Waals surface area contributed by atoms with Crippen LogP contribution in [0.4, 0.5) is 5.82 Å². The van der Waals surface area contributed by atoms with Crippen molar-refractivity contribution in [3.63, 3.8) is 0 Å². The van der Waals surface area contributed by atoms with Crippen molar-refractivity contribution in [1.82, 2.24) is 20.1 Å². The van der Waals surface area contributed by atoms with E-state index >= 15 is 0 Å². The zero-order valence-electron chi connectivity index (χ0n) is 20.8. The van der Waals surface area contributed by atoms with E-state index in [-0.39, 0.29) is 18.1 Å². The molecule has 1 amide bonds. The summed E-state index contributed by atoms with van der Waals surface area (Å²) >= 11 is 0. The molecule has 2 saturated carbocycles. The van der Waals surface area contributed by atoms with Crippen LogP contribution in [0.15, 0.2) is 24.4 Å². The van der Waals surface area contributed by atoms with E-state index in [0.29, 0.717) is 36.9 Å². The molecule has 4 heterocycles. The molecule has 8 heteroatoms. The Labute approximate surface area is 212 Å². The SMILES string of the molecule is C/C=C/c1cnnc(-c2cc(C#N)c(N3CCN(C(=O)C[C@H]4CCO4)[C@H](C4CC4)C3)nc2C2CC2)c1. The summed E-state index contributed by atoms with van der Waals surface area (Å²) < 4.78 is 5.52. The highest BCUT2D eigenvalue weighted by molar-refractivity contribution is 5.78. The van der Waals surface area contributed by atoms with Crippen LogP contribution in [0, 0.1) is 17.2 Å². The number of aromatic nitrogens is 3. The Kier molecular flexibility index (Phi) is 6.18.